The number of hydrogen-bond acceptors (Lipinski definition) is 3. The van der Waals surface area contributed by atoms with Gasteiger partial charge in [0, 0.05) is 18.2 Å². The zero-order valence-electron chi connectivity index (χ0n) is 12.9. The highest BCUT2D eigenvalue weighted by Gasteiger charge is 2.13. The highest BCUT2D eigenvalue weighted by molar-refractivity contribution is 5.95. The summed E-state index contributed by atoms with van der Waals surface area (Å²) in [5, 5.41) is 2.44. The summed E-state index contributed by atoms with van der Waals surface area (Å²) in [6, 6.07) is 18.7. The van der Waals surface area contributed by atoms with Crippen molar-refractivity contribution in [2.75, 3.05) is 0 Å². The maximum absolute atomic E-state index is 5.71. The number of aliphatic imine (C=N–C) groups is 1. The second-order valence-electron chi connectivity index (χ2n) is 5.89. The SMILES string of the molecule is C1=NC(c2ccc3occ(-c4ccc5ccccc5c4)c3n2)=CC1. The van der Waals surface area contributed by atoms with Crippen molar-refractivity contribution < 1.29 is 4.42 Å². The minimum absolute atomic E-state index is 0.796. The molecule has 114 valence electrons. The van der Waals surface area contributed by atoms with Gasteiger partial charge in [0.25, 0.3) is 0 Å². The van der Waals surface area contributed by atoms with Crippen LogP contribution >= 0.6 is 0 Å². The molecule has 2 aromatic carbocycles. The molecule has 24 heavy (non-hydrogen) atoms. The Labute approximate surface area is 139 Å². The number of fused-ring (bicyclic) bond motifs is 2. The first kappa shape index (κ1) is 13.3. The van der Waals surface area contributed by atoms with Crippen molar-refractivity contribution in [3.63, 3.8) is 0 Å². The predicted molar refractivity (Wildman–Crippen MR) is 98.0 cm³/mol. The molecule has 4 aromatic rings. The van der Waals surface area contributed by atoms with E-state index in [0.717, 1.165) is 40.0 Å². The molecule has 1 aliphatic heterocycles. The molecule has 3 heterocycles. The van der Waals surface area contributed by atoms with E-state index in [1.54, 1.807) is 6.26 Å². The molecule has 3 heteroatoms. The van der Waals surface area contributed by atoms with Crippen LogP contribution < -0.4 is 0 Å². The molecule has 0 aliphatic carbocycles. The van der Waals surface area contributed by atoms with E-state index in [9.17, 15) is 0 Å². The molecule has 0 radical (unpaired) electrons. The van der Waals surface area contributed by atoms with Gasteiger partial charge in [0.05, 0.1) is 11.4 Å². The van der Waals surface area contributed by atoms with Crippen molar-refractivity contribution in [1.29, 1.82) is 0 Å². The molecule has 0 saturated heterocycles. The lowest BCUT2D eigenvalue weighted by molar-refractivity contribution is 0.616. The van der Waals surface area contributed by atoms with Crippen molar-refractivity contribution in [1.82, 2.24) is 4.98 Å². The first-order valence-electron chi connectivity index (χ1n) is 7.99. The van der Waals surface area contributed by atoms with E-state index in [1.807, 2.05) is 18.3 Å². The van der Waals surface area contributed by atoms with Crippen LogP contribution in [0.4, 0.5) is 0 Å². The number of benzene rings is 2. The Balaban J connectivity index is 1.70. The number of pyridine rings is 1. The van der Waals surface area contributed by atoms with Gasteiger partial charge in [-0.1, -0.05) is 42.5 Å². The van der Waals surface area contributed by atoms with Crippen molar-refractivity contribution >= 4 is 33.8 Å². The molecular formula is C21H14N2O. The molecule has 2 aromatic heterocycles. The number of nitrogens with zero attached hydrogens (tertiary/aromatic N) is 2. The van der Waals surface area contributed by atoms with E-state index >= 15 is 0 Å². The van der Waals surface area contributed by atoms with Gasteiger partial charge in [-0.2, -0.15) is 0 Å². The van der Waals surface area contributed by atoms with Crippen LogP contribution in [-0.4, -0.2) is 11.2 Å². The van der Waals surface area contributed by atoms with E-state index < -0.39 is 0 Å². The lowest BCUT2D eigenvalue weighted by Gasteiger charge is -2.03. The minimum Gasteiger partial charge on any atom is -0.462 e. The Morgan fingerprint density at radius 3 is 2.71 bits per heavy atom. The Morgan fingerprint density at radius 2 is 1.83 bits per heavy atom. The van der Waals surface area contributed by atoms with E-state index in [1.165, 1.54) is 10.8 Å². The van der Waals surface area contributed by atoms with Gasteiger partial charge in [-0.15, -0.1) is 0 Å². The molecule has 3 nitrogen and oxygen atoms in total. The molecule has 1 aliphatic rings. The molecule has 0 unspecified atom stereocenters. The van der Waals surface area contributed by atoms with Gasteiger partial charge in [-0.3, -0.25) is 4.99 Å². The number of hydrogen-bond donors (Lipinski definition) is 0. The van der Waals surface area contributed by atoms with Gasteiger partial charge < -0.3 is 4.42 Å². The molecular weight excluding hydrogens is 296 g/mol. The van der Waals surface area contributed by atoms with Gasteiger partial charge in [0.1, 0.15) is 11.8 Å². The molecule has 0 atom stereocenters. The fourth-order valence-electron chi connectivity index (χ4n) is 3.16. The summed E-state index contributed by atoms with van der Waals surface area (Å²) in [5.41, 5.74) is 5.62. The molecule has 0 bridgehead atoms. The van der Waals surface area contributed by atoms with E-state index in [4.69, 9.17) is 9.40 Å². The summed E-state index contributed by atoms with van der Waals surface area (Å²) in [7, 11) is 0. The van der Waals surface area contributed by atoms with Gasteiger partial charge in [0.2, 0.25) is 0 Å². The number of allylic oxidation sites excluding steroid dienone is 1. The highest BCUT2D eigenvalue weighted by Crippen LogP contribution is 2.32. The van der Waals surface area contributed by atoms with Gasteiger partial charge >= 0.3 is 0 Å². The maximum Gasteiger partial charge on any atom is 0.153 e. The summed E-state index contributed by atoms with van der Waals surface area (Å²) in [4.78, 5) is 9.18. The summed E-state index contributed by atoms with van der Waals surface area (Å²) in [6.07, 6.45) is 6.65. The van der Waals surface area contributed by atoms with Crippen LogP contribution in [0.5, 0.6) is 0 Å². The van der Waals surface area contributed by atoms with Crippen LogP contribution in [0.1, 0.15) is 12.1 Å². The third-order valence-corrected chi connectivity index (χ3v) is 4.39. The summed E-state index contributed by atoms with van der Waals surface area (Å²) in [5.74, 6) is 0. The van der Waals surface area contributed by atoms with Crippen LogP contribution in [-0.2, 0) is 0 Å². The van der Waals surface area contributed by atoms with Crippen LogP contribution in [0.3, 0.4) is 0 Å². The van der Waals surface area contributed by atoms with Crippen LogP contribution in [0, 0.1) is 0 Å². The van der Waals surface area contributed by atoms with Crippen molar-refractivity contribution in [3.05, 3.63) is 72.6 Å². The van der Waals surface area contributed by atoms with Crippen molar-refractivity contribution in [2.24, 2.45) is 4.99 Å². The van der Waals surface area contributed by atoms with E-state index in [0.29, 0.717) is 0 Å². The summed E-state index contributed by atoms with van der Waals surface area (Å²) < 4.78 is 5.71. The molecule has 0 spiro atoms. The molecule has 0 N–H and O–H groups in total. The molecule has 5 rings (SSSR count). The fourth-order valence-corrected chi connectivity index (χ4v) is 3.16. The van der Waals surface area contributed by atoms with Crippen molar-refractivity contribution in [2.45, 2.75) is 6.42 Å². The molecule has 0 amide bonds. The summed E-state index contributed by atoms with van der Waals surface area (Å²) >= 11 is 0. The highest BCUT2D eigenvalue weighted by atomic mass is 16.3. The van der Waals surface area contributed by atoms with Gasteiger partial charge in [-0.05, 0) is 34.5 Å². The molecule has 0 fully saturated rings. The second kappa shape index (κ2) is 5.17. The normalized spacial score (nSPS) is 13.8. The quantitative estimate of drug-likeness (QED) is 0.493. The lowest BCUT2D eigenvalue weighted by atomic mass is 10.0. The Hall–Kier alpha value is -3.20. The number of rotatable bonds is 2. The van der Waals surface area contributed by atoms with Gasteiger partial charge in [-0.25, -0.2) is 4.98 Å². The zero-order valence-corrected chi connectivity index (χ0v) is 12.9. The Kier molecular flexibility index (Phi) is 2.85. The topological polar surface area (TPSA) is 38.4 Å². The third-order valence-electron chi connectivity index (χ3n) is 4.39. The molecule has 0 saturated carbocycles. The van der Waals surface area contributed by atoms with E-state index in [2.05, 4.69) is 53.5 Å². The Bertz CT molecular complexity index is 1130. The van der Waals surface area contributed by atoms with Crippen molar-refractivity contribution in [3.8, 4) is 11.1 Å². The van der Waals surface area contributed by atoms with Gasteiger partial charge in [0.15, 0.2) is 5.58 Å². The maximum atomic E-state index is 5.71. The fraction of sp³-hybridized carbons (Fsp3) is 0.0476. The first-order valence-corrected chi connectivity index (χ1v) is 7.99. The second-order valence-corrected chi connectivity index (χ2v) is 5.89. The zero-order chi connectivity index (χ0) is 15.9. The monoisotopic (exact) mass is 310 g/mol. The van der Waals surface area contributed by atoms with Crippen LogP contribution in [0.15, 0.2) is 76.3 Å². The van der Waals surface area contributed by atoms with Crippen LogP contribution in [0.25, 0.3) is 38.7 Å². The first-order chi connectivity index (χ1) is 11.9. The minimum atomic E-state index is 0.796. The van der Waals surface area contributed by atoms with E-state index in [-0.39, 0.29) is 0 Å². The Morgan fingerprint density at radius 1 is 0.917 bits per heavy atom. The smallest absolute Gasteiger partial charge is 0.153 e. The average Bonchev–Trinajstić information content (AvgIpc) is 3.30. The standard InChI is InChI=1S/C21H14N2O/c1-2-5-15-12-16(8-7-14(15)4-1)17-13-24-20-10-9-19(23-21(17)20)18-6-3-11-22-18/h1-2,4-13H,3H2. The number of furan rings is 1. The lowest BCUT2D eigenvalue weighted by Crippen LogP contribution is -1.87. The summed E-state index contributed by atoms with van der Waals surface area (Å²) in [6.45, 7) is 0. The van der Waals surface area contributed by atoms with Crippen LogP contribution in [0.2, 0.25) is 0 Å². The average molecular weight is 310 g/mol. The number of aromatic nitrogens is 1. The third kappa shape index (κ3) is 2.06. The largest absolute Gasteiger partial charge is 0.462 e. The predicted octanol–water partition coefficient (Wildman–Crippen LogP) is 5.46.